The number of hydrogen-bond donors (Lipinski definition) is 3. The number of carboxylic acid groups (broad SMARTS) is 1. The summed E-state index contributed by atoms with van der Waals surface area (Å²) in [4.78, 5) is 34.4. The number of amides is 2. The zero-order chi connectivity index (χ0) is 15.9. The monoisotopic (exact) mass is 298 g/mol. The molecule has 0 unspecified atom stereocenters. The molecule has 0 aromatic rings. The largest absolute Gasteiger partial charge is 0.481 e. The molecule has 0 radical (unpaired) electrons. The number of carboxylic acids is 1. The summed E-state index contributed by atoms with van der Waals surface area (Å²) in [5, 5.41) is 14.5. The van der Waals surface area contributed by atoms with Crippen LogP contribution in [0.5, 0.6) is 0 Å². The molecule has 1 aliphatic carbocycles. The molecule has 0 heterocycles. The molecule has 0 spiro atoms. The normalized spacial score (nSPS) is 16.7. The van der Waals surface area contributed by atoms with Crippen LogP contribution in [0.15, 0.2) is 0 Å². The van der Waals surface area contributed by atoms with Gasteiger partial charge in [-0.1, -0.05) is 12.8 Å². The number of carbonyl (C=O) groups is 3. The second kappa shape index (κ2) is 8.00. The molecule has 0 aromatic carbocycles. The Kier molecular flexibility index (Phi) is 6.65. The van der Waals surface area contributed by atoms with Crippen molar-refractivity contribution in [1.82, 2.24) is 10.6 Å². The molecule has 0 bridgehead atoms. The lowest BCUT2D eigenvalue weighted by Gasteiger charge is -2.26. The maximum absolute atomic E-state index is 12.0. The molecule has 0 aliphatic heterocycles. The maximum Gasteiger partial charge on any atom is 0.303 e. The quantitative estimate of drug-likeness (QED) is 0.632. The molecular formula is C15H26N2O4. The van der Waals surface area contributed by atoms with Crippen LogP contribution in [0, 0.1) is 5.41 Å². The number of hydrogen-bond acceptors (Lipinski definition) is 3. The average molecular weight is 298 g/mol. The van der Waals surface area contributed by atoms with Crippen molar-refractivity contribution in [1.29, 1.82) is 0 Å². The van der Waals surface area contributed by atoms with Gasteiger partial charge in [0.25, 0.3) is 0 Å². The van der Waals surface area contributed by atoms with Gasteiger partial charge in [0.05, 0.1) is 6.42 Å². The summed E-state index contributed by atoms with van der Waals surface area (Å²) in [6, 6.07) is 0.0885. The van der Waals surface area contributed by atoms with Crippen LogP contribution in [0.2, 0.25) is 0 Å². The Labute approximate surface area is 125 Å². The zero-order valence-electron chi connectivity index (χ0n) is 12.9. The minimum Gasteiger partial charge on any atom is -0.481 e. The highest BCUT2D eigenvalue weighted by molar-refractivity contribution is 5.80. The fourth-order valence-corrected chi connectivity index (χ4v) is 2.97. The van der Waals surface area contributed by atoms with Crippen molar-refractivity contribution in [2.45, 2.75) is 64.8 Å². The van der Waals surface area contributed by atoms with E-state index in [2.05, 4.69) is 10.6 Å². The second-order valence-corrected chi connectivity index (χ2v) is 6.28. The summed E-state index contributed by atoms with van der Waals surface area (Å²) in [7, 11) is 0. The van der Waals surface area contributed by atoms with E-state index in [1.807, 2.05) is 13.8 Å². The number of aliphatic carboxylic acids is 1. The Hall–Kier alpha value is -1.59. The van der Waals surface area contributed by atoms with Gasteiger partial charge in [-0.2, -0.15) is 0 Å². The molecule has 2 amide bonds. The van der Waals surface area contributed by atoms with Gasteiger partial charge < -0.3 is 15.7 Å². The van der Waals surface area contributed by atoms with Gasteiger partial charge in [-0.3, -0.25) is 14.4 Å². The second-order valence-electron chi connectivity index (χ2n) is 6.28. The van der Waals surface area contributed by atoms with E-state index in [-0.39, 0.29) is 37.1 Å². The van der Waals surface area contributed by atoms with Crippen LogP contribution in [0.4, 0.5) is 0 Å². The molecule has 6 nitrogen and oxygen atoms in total. The highest BCUT2D eigenvalue weighted by Gasteiger charge is 2.37. The summed E-state index contributed by atoms with van der Waals surface area (Å²) in [6.45, 7) is 4.05. The van der Waals surface area contributed by atoms with E-state index in [1.54, 1.807) is 0 Å². The van der Waals surface area contributed by atoms with E-state index in [9.17, 15) is 14.4 Å². The lowest BCUT2D eigenvalue weighted by molar-refractivity contribution is -0.140. The lowest BCUT2D eigenvalue weighted by Crippen LogP contribution is -2.36. The van der Waals surface area contributed by atoms with Crippen molar-refractivity contribution in [2.24, 2.45) is 5.41 Å². The van der Waals surface area contributed by atoms with Gasteiger partial charge in [-0.05, 0) is 32.1 Å². The molecule has 1 rings (SSSR count). The summed E-state index contributed by atoms with van der Waals surface area (Å²) < 4.78 is 0. The smallest absolute Gasteiger partial charge is 0.303 e. The molecule has 21 heavy (non-hydrogen) atoms. The number of nitrogens with one attached hydrogen (secondary N) is 2. The highest BCUT2D eigenvalue weighted by Crippen LogP contribution is 2.43. The Morgan fingerprint density at radius 3 is 2.24 bits per heavy atom. The van der Waals surface area contributed by atoms with Crippen LogP contribution in [-0.2, 0) is 14.4 Å². The standard InChI is InChI=1S/C15H26N2O4/c1-11(2)17-12(18)5-8-16-13(19)9-15(10-14(20)21)6-3-4-7-15/h11H,3-10H2,1-2H3,(H,16,19)(H,17,18)(H,20,21). The van der Waals surface area contributed by atoms with Gasteiger partial charge in [0.15, 0.2) is 0 Å². The van der Waals surface area contributed by atoms with E-state index in [4.69, 9.17) is 5.11 Å². The van der Waals surface area contributed by atoms with E-state index < -0.39 is 11.4 Å². The molecule has 1 aliphatic rings. The van der Waals surface area contributed by atoms with E-state index in [0.717, 1.165) is 25.7 Å². The first kappa shape index (κ1) is 17.5. The molecule has 120 valence electrons. The first-order valence-electron chi connectivity index (χ1n) is 7.61. The number of rotatable bonds is 8. The van der Waals surface area contributed by atoms with Crippen LogP contribution < -0.4 is 10.6 Å². The third-order valence-electron chi connectivity index (χ3n) is 3.85. The summed E-state index contributed by atoms with van der Waals surface area (Å²) in [5.74, 6) is -1.09. The SMILES string of the molecule is CC(C)NC(=O)CCNC(=O)CC1(CC(=O)O)CCCC1. The van der Waals surface area contributed by atoms with Crippen LogP contribution in [0.25, 0.3) is 0 Å². The first-order valence-corrected chi connectivity index (χ1v) is 7.61. The molecule has 0 saturated heterocycles. The predicted octanol–water partition coefficient (Wildman–Crippen LogP) is 1.44. The first-order chi connectivity index (χ1) is 9.83. The van der Waals surface area contributed by atoms with E-state index in [0.29, 0.717) is 6.54 Å². The zero-order valence-corrected chi connectivity index (χ0v) is 12.9. The lowest BCUT2D eigenvalue weighted by atomic mass is 9.79. The Morgan fingerprint density at radius 2 is 1.71 bits per heavy atom. The summed E-state index contributed by atoms with van der Waals surface area (Å²) in [5.41, 5.74) is -0.393. The van der Waals surface area contributed by atoms with Crippen LogP contribution in [0.1, 0.15) is 58.8 Å². The molecule has 0 atom stereocenters. The Morgan fingerprint density at radius 1 is 1.10 bits per heavy atom. The minimum absolute atomic E-state index is 0.0499. The van der Waals surface area contributed by atoms with Gasteiger partial charge in [-0.15, -0.1) is 0 Å². The van der Waals surface area contributed by atoms with E-state index >= 15 is 0 Å². The predicted molar refractivity (Wildman–Crippen MR) is 78.7 cm³/mol. The van der Waals surface area contributed by atoms with Crippen molar-refractivity contribution >= 4 is 17.8 Å². The van der Waals surface area contributed by atoms with Crippen LogP contribution in [0.3, 0.4) is 0 Å². The topological polar surface area (TPSA) is 95.5 Å². The van der Waals surface area contributed by atoms with Crippen molar-refractivity contribution in [3.8, 4) is 0 Å². The Balaban J connectivity index is 2.34. The summed E-state index contributed by atoms with van der Waals surface area (Å²) >= 11 is 0. The Bertz CT molecular complexity index is 387. The molecule has 6 heteroatoms. The number of carbonyl (C=O) groups excluding carboxylic acids is 2. The van der Waals surface area contributed by atoms with Crippen molar-refractivity contribution in [3.05, 3.63) is 0 Å². The molecule has 1 saturated carbocycles. The fraction of sp³-hybridized carbons (Fsp3) is 0.800. The van der Waals surface area contributed by atoms with Crippen LogP contribution in [-0.4, -0.2) is 35.5 Å². The van der Waals surface area contributed by atoms with Gasteiger partial charge in [0.1, 0.15) is 0 Å². The third kappa shape index (κ3) is 6.60. The summed E-state index contributed by atoms with van der Waals surface area (Å²) in [6.07, 6.45) is 4.09. The van der Waals surface area contributed by atoms with Gasteiger partial charge in [0, 0.05) is 25.4 Å². The van der Waals surface area contributed by atoms with Crippen molar-refractivity contribution < 1.29 is 19.5 Å². The van der Waals surface area contributed by atoms with Crippen LogP contribution >= 0.6 is 0 Å². The van der Waals surface area contributed by atoms with E-state index in [1.165, 1.54) is 0 Å². The van der Waals surface area contributed by atoms with Gasteiger partial charge in [-0.25, -0.2) is 0 Å². The van der Waals surface area contributed by atoms with Gasteiger partial charge in [0.2, 0.25) is 11.8 Å². The van der Waals surface area contributed by atoms with Crippen molar-refractivity contribution in [3.63, 3.8) is 0 Å². The molecule has 0 aromatic heterocycles. The highest BCUT2D eigenvalue weighted by atomic mass is 16.4. The minimum atomic E-state index is -0.846. The maximum atomic E-state index is 12.0. The molecule has 1 fully saturated rings. The fourth-order valence-electron chi connectivity index (χ4n) is 2.97. The molecule has 3 N–H and O–H groups in total. The van der Waals surface area contributed by atoms with Crippen molar-refractivity contribution in [2.75, 3.05) is 6.54 Å². The van der Waals surface area contributed by atoms with Gasteiger partial charge >= 0.3 is 5.97 Å². The third-order valence-corrected chi connectivity index (χ3v) is 3.85. The average Bonchev–Trinajstić information content (AvgIpc) is 2.74. The molecular weight excluding hydrogens is 272 g/mol.